The first-order valence-corrected chi connectivity index (χ1v) is 6.12. The predicted molar refractivity (Wildman–Crippen MR) is 64.3 cm³/mol. The topological polar surface area (TPSA) is 32.3 Å². The lowest BCUT2D eigenvalue weighted by atomic mass is 10.1. The quantitative estimate of drug-likeness (QED) is 0.642. The number of hydrogen-bond donors (Lipinski definition) is 2. The number of alkyl halides is 4. The van der Waals surface area contributed by atoms with E-state index in [1.165, 1.54) is 0 Å². The average Bonchev–Trinajstić information content (AvgIpc) is 2.25. The van der Waals surface area contributed by atoms with Crippen molar-refractivity contribution in [2.45, 2.75) is 12.3 Å². The van der Waals surface area contributed by atoms with E-state index in [-0.39, 0.29) is 16.9 Å². The molecule has 8 heteroatoms. The third-order valence-electron chi connectivity index (χ3n) is 2.05. The van der Waals surface area contributed by atoms with E-state index in [9.17, 15) is 17.6 Å². The third-order valence-corrected chi connectivity index (χ3v) is 2.87. The molecule has 1 aromatic rings. The molecule has 0 saturated carbocycles. The lowest BCUT2D eigenvalue weighted by molar-refractivity contribution is -0.137. The molecule has 102 valence electrons. The zero-order valence-corrected chi connectivity index (χ0v) is 11.2. The van der Waals surface area contributed by atoms with Crippen LogP contribution in [0.4, 0.5) is 23.2 Å². The molecule has 1 atom stereocenters. The van der Waals surface area contributed by atoms with Crippen LogP contribution in [0, 0.1) is 5.82 Å². The molecular weight excluding hydrogens is 341 g/mol. The van der Waals surface area contributed by atoms with Crippen LogP contribution in [0.25, 0.3) is 0 Å². The Morgan fingerprint density at radius 1 is 1.39 bits per heavy atom. The van der Waals surface area contributed by atoms with Crippen LogP contribution < -0.4 is 5.32 Å². The summed E-state index contributed by atoms with van der Waals surface area (Å²) < 4.78 is 51.6. The number of benzene rings is 1. The molecule has 0 spiro atoms. The average molecular weight is 351 g/mol. The highest BCUT2D eigenvalue weighted by atomic mass is 79.9. The van der Waals surface area contributed by atoms with Crippen molar-refractivity contribution in [2.75, 3.05) is 17.7 Å². The van der Waals surface area contributed by atoms with Gasteiger partial charge < -0.3 is 10.4 Å². The summed E-state index contributed by atoms with van der Waals surface area (Å²) in [5, 5.41) is 11.4. The van der Waals surface area contributed by atoms with Gasteiger partial charge in [-0.25, -0.2) is 4.39 Å². The zero-order valence-electron chi connectivity index (χ0n) is 8.86. The van der Waals surface area contributed by atoms with E-state index in [0.29, 0.717) is 0 Å². The largest absolute Gasteiger partial charge is 0.418 e. The first-order valence-electron chi connectivity index (χ1n) is 4.80. The number of anilines is 1. The van der Waals surface area contributed by atoms with Crippen LogP contribution in [0.15, 0.2) is 16.6 Å². The van der Waals surface area contributed by atoms with E-state index < -0.39 is 29.3 Å². The Balaban J connectivity index is 3.08. The van der Waals surface area contributed by atoms with Crippen molar-refractivity contribution in [1.82, 2.24) is 0 Å². The van der Waals surface area contributed by atoms with Crippen molar-refractivity contribution < 1.29 is 22.7 Å². The summed E-state index contributed by atoms with van der Waals surface area (Å²) in [6, 6.07) is 1.67. The second kappa shape index (κ2) is 6.08. The smallest absolute Gasteiger partial charge is 0.390 e. The monoisotopic (exact) mass is 349 g/mol. The molecule has 0 aromatic heterocycles. The summed E-state index contributed by atoms with van der Waals surface area (Å²) in [5.41, 5.74) is -1.84. The first kappa shape index (κ1) is 15.5. The van der Waals surface area contributed by atoms with Crippen LogP contribution in [0.2, 0.25) is 0 Å². The van der Waals surface area contributed by atoms with E-state index in [2.05, 4.69) is 21.2 Å². The van der Waals surface area contributed by atoms with Gasteiger partial charge in [0.25, 0.3) is 0 Å². The molecule has 0 bridgehead atoms. The lowest BCUT2D eigenvalue weighted by Crippen LogP contribution is -2.23. The standard InChI is InChI=1S/C10H9BrClF4NO/c11-5-1-7(10(14,15)16)9(8(13)2-5)17-4-6(18)3-12/h1-2,6,17-18H,3-4H2. The number of halogens is 6. The second-order valence-electron chi connectivity index (χ2n) is 3.50. The molecule has 0 aliphatic heterocycles. The molecule has 0 heterocycles. The molecule has 1 unspecified atom stereocenters. The van der Waals surface area contributed by atoms with Gasteiger partial charge in [-0.1, -0.05) is 15.9 Å². The van der Waals surface area contributed by atoms with Gasteiger partial charge in [0.1, 0.15) is 5.82 Å². The molecular formula is C10H9BrClF4NO. The van der Waals surface area contributed by atoms with Gasteiger partial charge in [0.15, 0.2) is 0 Å². The van der Waals surface area contributed by atoms with Gasteiger partial charge in [0.05, 0.1) is 23.2 Å². The van der Waals surface area contributed by atoms with Gasteiger partial charge in [-0.2, -0.15) is 13.2 Å². The fourth-order valence-corrected chi connectivity index (χ4v) is 1.79. The fourth-order valence-electron chi connectivity index (χ4n) is 1.25. The van der Waals surface area contributed by atoms with Crippen LogP contribution in [-0.2, 0) is 6.18 Å². The predicted octanol–water partition coefficient (Wildman–Crippen LogP) is 3.62. The summed E-state index contributed by atoms with van der Waals surface area (Å²) in [4.78, 5) is 0. The van der Waals surface area contributed by atoms with Crippen LogP contribution in [0.1, 0.15) is 5.56 Å². The molecule has 1 aromatic carbocycles. The highest BCUT2D eigenvalue weighted by molar-refractivity contribution is 9.10. The Morgan fingerprint density at radius 2 is 2.00 bits per heavy atom. The van der Waals surface area contributed by atoms with E-state index in [1.807, 2.05) is 0 Å². The molecule has 1 rings (SSSR count). The highest BCUT2D eigenvalue weighted by Crippen LogP contribution is 2.38. The van der Waals surface area contributed by atoms with E-state index in [1.54, 1.807) is 0 Å². The minimum atomic E-state index is -4.70. The maximum atomic E-state index is 13.5. The SMILES string of the molecule is OC(CCl)CNc1c(F)cc(Br)cc1C(F)(F)F. The van der Waals surface area contributed by atoms with Crippen molar-refractivity contribution in [1.29, 1.82) is 0 Å². The van der Waals surface area contributed by atoms with E-state index in [4.69, 9.17) is 16.7 Å². The van der Waals surface area contributed by atoms with Gasteiger partial charge in [0.2, 0.25) is 0 Å². The normalized spacial score (nSPS) is 13.5. The number of nitrogens with one attached hydrogen (secondary N) is 1. The van der Waals surface area contributed by atoms with Crippen molar-refractivity contribution in [3.05, 3.63) is 28.0 Å². The summed E-state index contributed by atoms with van der Waals surface area (Å²) in [7, 11) is 0. The minimum Gasteiger partial charge on any atom is -0.390 e. The van der Waals surface area contributed by atoms with Crippen molar-refractivity contribution in [3.8, 4) is 0 Å². The van der Waals surface area contributed by atoms with E-state index >= 15 is 0 Å². The third kappa shape index (κ3) is 4.00. The summed E-state index contributed by atoms with van der Waals surface area (Å²) >= 11 is 8.09. The summed E-state index contributed by atoms with van der Waals surface area (Å²) in [6.07, 6.45) is -5.76. The molecule has 18 heavy (non-hydrogen) atoms. The maximum absolute atomic E-state index is 13.5. The molecule has 0 amide bonds. The molecule has 0 aliphatic carbocycles. The Hall–Kier alpha value is -0.530. The van der Waals surface area contributed by atoms with Crippen molar-refractivity contribution in [3.63, 3.8) is 0 Å². The molecule has 0 aliphatic rings. The van der Waals surface area contributed by atoms with Crippen LogP contribution in [0.5, 0.6) is 0 Å². The number of hydrogen-bond acceptors (Lipinski definition) is 2. The van der Waals surface area contributed by atoms with Gasteiger partial charge in [-0.15, -0.1) is 11.6 Å². The van der Waals surface area contributed by atoms with E-state index in [0.717, 1.165) is 12.1 Å². The lowest BCUT2D eigenvalue weighted by Gasteiger charge is -2.17. The van der Waals surface area contributed by atoms with Gasteiger partial charge in [-0.3, -0.25) is 0 Å². The van der Waals surface area contributed by atoms with Crippen molar-refractivity contribution >= 4 is 33.2 Å². The van der Waals surface area contributed by atoms with Gasteiger partial charge in [-0.05, 0) is 12.1 Å². The summed E-state index contributed by atoms with van der Waals surface area (Å²) in [6.45, 7) is -0.273. The Labute approximate surface area is 114 Å². The number of aliphatic hydroxyl groups excluding tert-OH is 1. The molecule has 2 N–H and O–H groups in total. The molecule has 2 nitrogen and oxygen atoms in total. The first-order chi connectivity index (χ1) is 8.25. The van der Waals surface area contributed by atoms with Crippen molar-refractivity contribution in [2.24, 2.45) is 0 Å². The Bertz CT molecular complexity index is 427. The maximum Gasteiger partial charge on any atom is 0.418 e. The van der Waals surface area contributed by atoms with Crippen LogP contribution >= 0.6 is 27.5 Å². The molecule has 0 fully saturated rings. The fraction of sp³-hybridized carbons (Fsp3) is 0.400. The Morgan fingerprint density at radius 3 is 2.50 bits per heavy atom. The molecule has 0 saturated heterocycles. The Kier molecular flexibility index (Phi) is 5.24. The number of rotatable bonds is 4. The second-order valence-corrected chi connectivity index (χ2v) is 4.72. The number of aliphatic hydroxyl groups is 1. The van der Waals surface area contributed by atoms with Crippen LogP contribution in [0.3, 0.4) is 0 Å². The molecule has 0 radical (unpaired) electrons. The highest BCUT2D eigenvalue weighted by Gasteiger charge is 2.35. The van der Waals surface area contributed by atoms with Gasteiger partial charge >= 0.3 is 6.18 Å². The zero-order chi connectivity index (χ0) is 13.9. The van der Waals surface area contributed by atoms with Crippen LogP contribution in [-0.4, -0.2) is 23.6 Å². The van der Waals surface area contributed by atoms with Gasteiger partial charge in [0, 0.05) is 11.0 Å². The summed E-state index contributed by atoms with van der Waals surface area (Å²) in [5.74, 6) is -1.22. The minimum absolute atomic E-state index is 0.0178.